The Kier molecular flexibility index (Phi) is 7.56. The molecule has 2 saturated heterocycles. The molecule has 2 fully saturated rings. The van der Waals surface area contributed by atoms with Crippen LogP contribution in [0.4, 0.5) is 13.2 Å². The van der Waals surface area contributed by atoms with Gasteiger partial charge in [-0.05, 0) is 93.4 Å². The lowest BCUT2D eigenvalue weighted by atomic mass is 9.86. The minimum Gasteiger partial charge on any atom is -0.349 e. The normalized spacial score (nSPS) is 21.9. The number of carbonyl (C=O) groups excluding carboxylic acids is 2. The van der Waals surface area contributed by atoms with Crippen molar-refractivity contribution in [1.82, 2.24) is 15.1 Å². The first-order chi connectivity index (χ1) is 17.8. The standard InChI is InChI=1S/C29H34F3N3O2/c30-29(31,32)23-10-8-22(9-11-23)28(37)35-18-14-24(15-19-35)34-16-12-21(13-17-34)27(36)33-26-7-3-5-20-4-1-2-6-25(20)26/h1-2,4,6,8-11,21,24,26H,3,5,7,12-19H2,(H,33,36)/t26-/m1/s1. The summed E-state index contributed by atoms with van der Waals surface area (Å²) < 4.78 is 38.4. The first-order valence-electron chi connectivity index (χ1n) is 13.4. The third-order valence-corrected chi connectivity index (χ3v) is 8.31. The van der Waals surface area contributed by atoms with Crippen molar-refractivity contribution in [1.29, 1.82) is 0 Å². The Morgan fingerprint density at radius 1 is 0.838 bits per heavy atom. The van der Waals surface area contributed by atoms with Crippen LogP contribution in [0.1, 0.15) is 71.6 Å². The number of amides is 2. The molecule has 0 spiro atoms. The van der Waals surface area contributed by atoms with E-state index in [1.165, 1.54) is 23.3 Å². The van der Waals surface area contributed by atoms with Crippen LogP contribution in [0, 0.1) is 5.92 Å². The van der Waals surface area contributed by atoms with Crippen molar-refractivity contribution in [2.45, 2.75) is 63.2 Å². The smallest absolute Gasteiger partial charge is 0.349 e. The van der Waals surface area contributed by atoms with E-state index in [4.69, 9.17) is 0 Å². The van der Waals surface area contributed by atoms with Gasteiger partial charge in [0.25, 0.3) is 5.91 Å². The first-order valence-corrected chi connectivity index (χ1v) is 13.4. The van der Waals surface area contributed by atoms with Gasteiger partial charge in [0, 0.05) is 30.6 Å². The van der Waals surface area contributed by atoms with E-state index in [2.05, 4.69) is 28.4 Å². The van der Waals surface area contributed by atoms with E-state index in [0.29, 0.717) is 24.7 Å². The van der Waals surface area contributed by atoms with Gasteiger partial charge in [-0.1, -0.05) is 24.3 Å². The van der Waals surface area contributed by atoms with Crippen LogP contribution in [0.5, 0.6) is 0 Å². The molecule has 198 valence electrons. The number of piperidine rings is 2. The van der Waals surface area contributed by atoms with E-state index in [9.17, 15) is 22.8 Å². The van der Waals surface area contributed by atoms with Gasteiger partial charge in [-0.25, -0.2) is 0 Å². The van der Waals surface area contributed by atoms with Gasteiger partial charge in [0.1, 0.15) is 0 Å². The first kappa shape index (κ1) is 25.8. The van der Waals surface area contributed by atoms with Crippen molar-refractivity contribution < 1.29 is 22.8 Å². The maximum atomic E-state index is 13.1. The number of halogens is 3. The number of fused-ring (bicyclic) bond motifs is 1. The fourth-order valence-electron chi connectivity index (χ4n) is 6.14. The number of hydrogen-bond donors (Lipinski definition) is 1. The molecule has 2 heterocycles. The largest absolute Gasteiger partial charge is 0.416 e. The Morgan fingerprint density at radius 3 is 2.19 bits per heavy atom. The molecule has 2 aliphatic heterocycles. The van der Waals surface area contributed by atoms with Gasteiger partial charge < -0.3 is 15.1 Å². The molecule has 37 heavy (non-hydrogen) atoms. The van der Waals surface area contributed by atoms with E-state index in [-0.39, 0.29) is 23.8 Å². The van der Waals surface area contributed by atoms with E-state index in [0.717, 1.165) is 70.2 Å². The van der Waals surface area contributed by atoms with Gasteiger partial charge in [-0.2, -0.15) is 13.2 Å². The molecule has 8 heteroatoms. The van der Waals surface area contributed by atoms with Crippen LogP contribution < -0.4 is 5.32 Å². The average Bonchev–Trinajstić information content (AvgIpc) is 2.92. The molecular formula is C29H34F3N3O2. The molecule has 0 saturated carbocycles. The topological polar surface area (TPSA) is 52.7 Å². The van der Waals surface area contributed by atoms with Gasteiger partial charge in [-0.3, -0.25) is 9.59 Å². The van der Waals surface area contributed by atoms with Gasteiger partial charge in [0.15, 0.2) is 0 Å². The quantitative estimate of drug-likeness (QED) is 0.610. The van der Waals surface area contributed by atoms with Crippen LogP contribution in [-0.2, 0) is 17.4 Å². The molecule has 0 radical (unpaired) electrons. The summed E-state index contributed by atoms with van der Waals surface area (Å²) in [6.45, 7) is 2.92. The lowest BCUT2D eigenvalue weighted by Crippen LogP contribution is -2.50. The summed E-state index contributed by atoms with van der Waals surface area (Å²) >= 11 is 0. The number of benzene rings is 2. The predicted octanol–water partition coefficient (Wildman–Crippen LogP) is 5.22. The number of carbonyl (C=O) groups is 2. The van der Waals surface area contributed by atoms with Crippen LogP contribution in [-0.4, -0.2) is 53.8 Å². The molecular weight excluding hydrogens is 479 g/mol. The summed E-state index contributed by atoms with van der Waals surface area (Å²) in [5.41, 5.74) is 2.15. The van der Waals surface area contributed by atoms with Crippen molar-refractivity contribution in [2.24, 2.45) is 5.92 Å². The molecule has 5 rings (SSSR count). The Labute approximate surface area is 216 Å². The van der Waals surface area contributed by atoms with Crippen LogP contribution in [0.2, 0.25) is 0 Å². The molecule has 1 atom stereocenters. The summed E-state index contributed by atoms with van der Waals surface area (Å²) in [7, 11) is 0. The number of nitrogens with one attached hydrogen (secondary N) is 1. The minimum absolute atomic E-state index is 0.0340. The monoisotopic (exact) mass is 513 g/mol. The zero-order chi connectivity index (χ0) is 26.0. The van der Waals surface area contributed by atoms with Gasteiger partial charge >= 0.3 is 6.18 Å². The molecule has 1 aliphatic carbocycles. The molecule has 3 aliphatic rings. The molecule has 2 aromatic rings. The van der Waals surface area contributed by atoms with E-state index in [1.54, 1.807) is 4.90 Å². The number of rotatable bonds is 4. The summed E-state index contributed by atoms with van der Waals surface area (Å²) in [5, 5.41) is 3.32. The molecule has 0 aromatic heterocycles. The lowest BCUT2D eigenvalue weighted by molar-refractivity contribution is -0.137. The lowest BCUT2D eigenvalue weighted by Gasteiger charge is -2.41. The zero-order valence-corrected chi connectivity index (χ0v) is 21.0. The highest BCUT2D eigenvalue weighted by Gasteiger charge is 2.34. The summed E-state index contributed by atoms with van der Waals surface area (Å²) in [6.07, 6.45) is 2.11. The maximum absolute atomic E-state index is 13.1. The SMILES string of the molecule is O=C(N[C@@H]1CCCc2ccccc21)C1CCN(C2CCN(C(=O)c3ccc(C(F)(F)F)cc3)CC2)CC1. The summed E-state index contributed by atoms with van der Waals surface area (Å²) in [5.74, 6) is -0.0168. The van der Waals surface area contributed by atoms with Crippen LogP contribution >= 0.6 is 0 Å². The molecule has 2 aromatic carbocycles. The van der Waals surface area contributed by atoms with Crippen molar-refractivity contribution in [2.75, 3.05) is 26.2 Å². The molecule has 0 bridgehead atoms. The third kappa shape index (κ3) is 5.84. The van der Waals surface area contributed by atoms with Crippen molar-refractivity contribution in [3.05, 3.63) is 70.8 Å². The Bertz CT molecular complexity index is 1100. The van der Waals surface area contributed by atoms with Crippen molar-refractivity contribution in [3.8, 4) is 0 Å². The molecule has 5 nitrogen and oxygen atoms in total. The Balaban J connectivity index is 1.08. The maximum Gasteiger partial charge on any atom is 0.416 e. The second-order valence-corrected chi connectivity index (χ2v) is 10.6. The Hall–Kier alpha value is -2.87. The van der Waals surface area contributed by atoms with Gasteiger partial charge in [0.05, 0.1) is 11.6 Å². The number of hydrogen-bond acceptors (Lipinski definition) is 3. The fraction of sp³-hybridized carbons (Fsp3) is 0.517. The number of alkyl halides is 3. The van der Waals surface area contributed by atoms with Crippen LogP contribution in [0.15, 0.2) is 48.5 Å². The van der Waals surface area contributed by atoms with Gasteiger partial charge in [-0.15, -0.1) is 0 Å². The van der Waals surface area contributed by atoms with E-state index in [1.807, 2.05) is 6.07 Å². The van der Waals surface area contributed by atoms with Crippen LogP contribution in [0.3, 0.4) is 0 Å². The van der Waals surface area contributed by atoms with E-state index >= 15 is 0 Å². The van der Waals surface area contributed by atoms with Gasteiger partial charge in [0.2, 0.25) is 5.91 Å². The highest BCUT2D eigenvalue weighted by atomic mass is 19.4. The van der Waals surface area contributed by atoms with Crippen LogP contribution in [0.25, 0.3) is 0 Å². The number of aryl methyl sites for hydroxylation is 1. The minimum atomic E-state index is -4.41. The number of nitrogens with zero attached hydrogens (tertiary/aromatic N) is 2. The fourth-order valence-corrected chi connectivity index (χ4v) is 6.14. The summed E-state index contributed by atoms with van der Waals surface area (Å²) in [4.78, 5) is 30.0. The predicted molar refractivity (Wildman–Crippen MR) is 135 cm³/mol. The molecule has 0 unspecified atom stereocenters. The second-order valence-electron chi connectivity index (χ2n) is 10.6. The van der Waals surface area contributed by atoms with E-state index < -0.39 is 11.7 Å². The second kappa shape index (κ2) is 10.9. The zero-order valence-electron chi connectivity index (χ0n) is 21.0. The average molecular weight is 514 g/mol. The summed E-state index contributed by atoms with van der Waals surface area (Å²) in [6, 6.07) is 13.3. The molecule has 2 amide bonds. The van der Waals surface area contributed by atoms with Crippen molar-refractivity contribution >= 4 is 11.8 Å². The Morgan fingerprint density at radius 2 is 1.51 bits per heavy atom. The third-order valence-electron chi connectivity index (χ3n) is 8.31. The highest BCUT2D eigenvalue weighted by molar-refractivity contribution is 5.94. The highest BCUT2D eigenvalue weighted by Crippen LogP contribution is 2.32. The van der Waals surface area contributed by atoms with Crippen molar-refractivity contribution in [3.63, 3.8) is 0 Å². The molecule has 1 N–H and O–H groups in total. The number of likely N-dealkylation sites (tertiary alicyclic amines) is 2.